The monoisotopic (exact) mass is 304 g/mol. The van der Waals surface area contributed by atoms with Gasteiger partial charge in [0, 0.05) is 7.05 Å². The van der Waals surface area contributed by atoms with E-state index in [1.165, 1.54) is 25.2 Å². The smallest absolute Gasteiger partial charge is 0.321 e. The van der Waals surface area contributed by atoms with Crippen molar-refractivity contribution in [3.05, 3.63) is 28.5 Å². The minimum atomic E-state index is -0.614. The maximum Gasteiger partial charge on any atom is 0.321 e. The van der Waals surface area contributed by atoms with E-state index in [2.05, 4.69) is 21.2 Å². The van der Waals surface area contributed by atoms with Gasteiger partial charge < -0.3 is 10.1 Å². The third-order valence-corrected chi connectivity index (χ3v) is 2.35. The summed E-state index contributed by atoms with van der Waals surface area (Å²) in [6.07, 6.45) is 0. The molecule has 0 aromatic heterocycles. The van der Waals surface area contributed by atoms with Crippen LogP contribution in [0.15, 0.2) is 22.7 Å². The second-order valence-electron chi connectivity index (χ2n) is 2.99. The van der Waals surface area contributed by atoms with Crippen LogP contribution in [0.2, 0.25) is 0 Å². The van der Waals surface area contributed by atoms with Gasteiger partial charge in [0.1, 0.15) is 11.6 Å². The van der Waals surface area contributed by atoms with Gasteiger partial charge in [0.2, 0.25) is 0 Å². The van der Waals surface area contributed by atoms with Crippen molar-refractivity contribution in [1.82, 2.24) is 10.6 Å². The lowest BCUT2D eigenvalue weighted by molar-refractivity contribution is -0.122. The molecular formula is C10H10BrFN2O3. The van der Waals surface area contributed by atoms with Crippen LogP contribution in [-0.2, 0) is 4.79 Å². The van der Waals surface area contributed by atoms with Gasteiger partial charge in [-0.3, -0.25) is 10.1 Å². The number of hydrogen-bond acceptors (Lipinski definition) is 3. The zero-order valence-electron chi connectivity index (χ0n) is 8.92. The molecule has 1 aromatic rings. The van der Waals surface area contributed by atoms with Gasteiger partial charge in [0.15, 0.2) is 6.61 Å². The predicted octanol–water partition coefficient (Wildman–Crippen LogP) is 1.42. The van der Waals surface area contributed by atoms with Crippen LogP contribution in [-0.4, -0.2) is 25.6 Å². The standard InChI is InChI=1S/C10H10BrFN2O3/c1-13-10(16)14-9(15)5-17-8-3-2-6(12)4-7(8)11/h2-4H,5H2,1H3,(H2,13,14,15,16). The number of urea groups is 1. The lowest BCUT2D eigenvalue weighted by Gasteiger charge is -2.07. The minimum Gasteiger partial charge on any atom is -0.483 e. The molecule has 0 atom stereocenters. The molecular weight excluding hydrogens is 295 g/mol. The molecule has 0 radical (unpaired) electrons. The van der Waals surface area contributed by atoms with Gasteiger partial charge in [-0.25, -0.2) is 9.18 Å². The fourth-order valence-corrected chi connectivity index (χ4v) is 1.43. The van der Waals surface area contributed by atoms with Gasteiger partial charge in [-0.2, -0.15) is 0 Å². The number of imide groups is 1. The van der Waals surface area contributed by atoms with Gasteiger partial charge >= 0.3 is 6.03 Å². The second kappa shape index (κ2) is 6.19. The average Bonchev–Trinajstić information content (AvgIpc) is 2.27. The molecule has 0 spiro atoms. The van der Waals surface area contributed by atoms with Crippen molar-refractivity contribution in [2.75, 3.05) is 13.7 Å². The van der Waals surface area contributed by atoms with Crippen LogP contribution in [0.4, 0.5) is 9.18 Å². The molecule has 0 saturated carbocycles. The summed E-state index contributed by atoms with van der Waals surface area (Å²) in [5.41, 5.74) is 0. The number of carbonyl (C=O) groups is 2. The topological polar surface area (TPSA) is 67.4 Å². The van der Waals surface area contributed by atoms with E-state index in [1.807, 2.05) is 5.32 Å². The molecule has 1 aromatic carbocycles. The van der Waals surface area contributed by atoms with Crippen molar-refractivity contribution in [1.29, 1.82) is 0 Å². The Hall–Kier alpha value is -1.63. The van der Waals surface area contributed by atoms with Gasteiger partial charge in [0.05, 0.1) is 4.47 Å². The fraction of sp³-hybridized carbons (Fsp3) is 0.200. The van der Waals surface area contributed by atoms with Crippen molar-refractivity contribution in [3.8, 4) is 5.75 Å². The molecule has 7 heteroatoms. The third-order valence-electron chi connectivity index (χ3n) is 1.73. The molecule has 1 rings (SSSR count). The average molecular weight is 305 g/mol. The van der Waals surface area contributed by atoms with Crippen molar-refractivity contribution in [2.45, 2.75) is 0 Å². The molecule has 2 N–H and O–H groups in total. The lowest BCUT2D eigenvalue weighted by Crippen LogP contribution is -2.39. The van der Waals surface area contributed by atoms with Crippen LogP contribution >= 0.6 is 15.9 Å². The van der Waals surface area contributed by atoms with Crippen LogP contribution in [0.3, 0.4) is 0 Å². The SMILES string of the molecule is CNC(=O)NC(=O)COc1ccc(F)cc1Br. The second-order valence-corrected chi connectivity index (χ2v) is 3.85. The van der Waals surface area contributed by atoms with E-state index in [-0.39, 0.29) is 6.61 Å². The summed E-state index contributed by atoms with van der Waals surface area (Å²) in [7, 11) is 1.39. The first-order chi connectivity index (χ1) is 8.02. The van der Waals surface area contributed by atoms with E-state index in [4.69, 9.17) is 4.74 Å². The van der Waals surface area contributed by atoms with Crippen molar-refractivity contribution in [2.24, 2.45) is 0 Å². The number of halogens is 2. The number of carbonyl (C=O) groups excluding carboxylic acids is 2. The number of rotatable bonds is 3. The van der Waals surface area contributed by atoms with E-state index >= 15 is 0 Å². The van der Waals surface area contributed by atoms with E-state index in [0.717, 1.165) is 0 Å². The Bertz CT molecular complexity index is 440. The summed E-state index contributed by atoms with van der Waals surface area (Å²) in [4.78, 5) is 22.0. The van der Waals surface area contributed by atoms with E-state index in [0.29, 0.717) is 10.2 Å². The summed E-state index contributed by atoms with van der Waals surface area (Å²) < 4.78 is 18.2. The Morgan fingerprint density at radius 3 is 2.76 bits per heavy atom. The molecule has 3 amide bonds. The number of nitrogens with one attached hydrogen (secondary N) is 2. The van der Waals surface area contributed by atoms with E-state index < -0.39 is 17.8 Å². The summed E-state index contributed by atoms with van der Waals surface area (Å²) in [5.74, 6) is -0.696. The third kappa shape index (κ3) is 4.39. The highest BCUT2D eigenvalue weighted by atomic mass is 79.9. The normalized spacial score (nSPS) is 9.59. The number of amides is 3. The molecule has 0 aliphatic heterocycles. The molecule has 0 fully saturated rings. The molecule has 0 unspecified atom stereocenters. The molecule has 17 heavy (non-hydrogen) atoms. The summed E-state index contributed by atoms with van der Waals surface area (Å²) in [5, 5.41) is 4.25. The highest BCUT2D eigenvalue weighted by molar-refractivity contribution is 9.10. The molecule has 92 valence electrons. The first-order valence-corrected chi connectivity index (χ1v) is 5.41. The van der Waals surface area contributed by atoms with Gasteiger partial charge in [0.25, 0.3) is 5.91 Å². The molecule has 0 heterocycles. The zero-order valence-corrected chi connectivity index (χ0v) is 10.5. The summed E-state index contributed by atoms with van der Waals surface area (Å²) >= 11 is 3.09. The highest BCUT2D eigenvalue weighted by Gasteiger charge is 2.08. The molecule has 0 saturated heterocycles. The molecule has 5 nitrogen and oxygen atoms in total. The first kappa shape index (κ1) is 13.4. The van der Waals surface area contributed by atoms with Crippen LogP contribution in [0, 0.1) is 5.82 Å². The van der Waals surface area contributed by atoms with E-state index in [9.17, 15) is 14.0 Å². The highest BCUT2D eigenvalue weighted by Crippen LogP contribution is 2.25. The quantitative estimate of drug-likeness (QED) is 0.887. The Morgan fingerprint density at radius 1 is 1.47 bits per heavy atom. The fourth-order valence-electron chi connectivity index (χ4n) is 0.961. The van der Waals surface area contributed by atoms with Crippen molar-refractivity contribution in [3.63, 3.8) is 0 Å². The van der Waals surface area contributed by atoms with Crippen LogP contribution in [0.25, 0.3) is 0 Å². The Morgan fingerprint density at radius 2 is 2.18 bits per heavy atom. The van der Waals surface area contributed by atoms with Crippen LogP contribution < -0.4 is 15.4 Å². The Labute approximate surface area is 105 Å². The molecule has 0 bridgehead atoms. The van der Waals surface area contributed by atoms with Gasteiger partial charge in [-0.1, -0.05) is 0 Å². The number of ether oxygens (including phenoxy) is 1. The van der Waals surface area contributed by atoms with Crippen molar-refractivity contribution < 1.29 is 18.7 Å². The number of hydrogen-bond donors (Lipinski definition) is 2. The summed E-state index contributed by atoms with van der Waals surface area (Å²) in [6.45, 7) is -0.336. The van der Waals surface area contributed by atoms with E-state index in [1.54, 1.807) is 0 Å². The Balaban J connectivity index is 2.50. The Kier molecular flexibility index (Phi) is 4.89. The largest absolute Gasteiger partial charge is 0.483 e. The maximum atomic E-state index is 12.7. The minimum absolute atomic E-state index is 0.318. The van der Waals surface area contributed by atoms with Crippen molar-refractivity contribution >= 4 is 27.9 Å². The zero-order chi connectivity index (χ0) is 12.8. The van der Waals surface area contributed by atoms with Gasteiger partial charge in [-0.05, 0) is 34.1 Å². The predicted molar refractivity (Wildman–Crippen MR) is 62.2 cm³/mol. The van der Waals surface area contributed by atoms with Gasteiger partial charge in [-0.15, -0.1) is 0 Å². The first-order valence-electron chi connectivity index (χ1n) is 4.62. The lowest BCUT2D eigenvalue weighted by atomic mass is 10.3. The molecule has 0 aliphatic rings. The van der Waals surface area contributed by atoms with Crippen LogP contribution in [0.1, 0.15) is 0 Å². The molecule has 0 aliphatic carbocycles. The number of benzene rings is 1. The summed E-state index contributed by atoms with van der Waals surface area (Å²) in [6, 6.07) is 3.19. The maximum absolute atomic E-state index is 12.7. The van der Waals surface area contributed by atoms with Crippen LogP contribution in [0.5, 0.6) is 5.75 Å².